The largest absolute Gasteiger partial charge is 0.497 e. The number of aliphatic hydroxyl groups excluding tert-OH is 1. The molecule has 0 spiro atoms. The third-order valence-corrected chi connectivity index (χ3v) is 9.20. The van der Waals surface area contributed by atoms with Crippen molar-refractivity contribution < 1.29 is 19.3 Å². The molecule has 1 saturated carbocycles. The van der Waals surface area contributed by atoms with Crippen molar-refractivity contribution in [3.8, 4) is 17.2 Å². The minimum absolute atomic E-state index is 0.168. The Morgan fingerprint density at radius 3 is 2.35 bits per heavy atom. The molecular weight excluding hydrogens is 500 g/mol. The van der Waals surface area contributed by atoms with Gasteiger partial charge in [-0.25, -0.2) is 0 Å². The molecule has 198 valence electrons. The minimum Gasteiger partial charge on any atom is -0.497 e. The van der Waals surface area contributed by atoms with Gasteiger partial charge in [0, 0.05) is 16.2 Å². The molecule has 6 heteroatoms. The Morgan fingerprint density at radius 2 is 1.65 bits per heavy atom. The van der Waals surface area contributed by atoms with E-state index in [2.05, 4.69) is 31.2 Å². The lowest BCUT2D eigenvalue weighted by atomic mass is 9.93. The van der Waals surface area contributed by atoms with Crippen LogP contribution in [0.15, 0.2) is 71.6 Å². The number of methoxy groups -OCH3 is 2. The van der Waals surface area contributed by atoms with Gasteiger partial charge in [-0.05, 0) is 66.0 Å². The van der Waals surface area contributed by atoms with Crippen molar-refractivity contribution in [2.24, 2.45) is 0 Å². The van der Waals surface area contributed by atoms with Crippen molar-refractivity contribution >= 4 is 23.5 Å². The van der Waals surface area contributed by atoms with Gasteiger partial charge in [0.25, 0.3) is 0 Å². The van der Waals surface area contributed by atoms with Crippen LogP contribution < -0.4 is 14.2 Å². The van der Waals surface area contributed by atoms with Gasteiger partial charge in [0.1, 0.15) is 23.9 Å². The highest BCUT2D eigenvalue weighted by molar-refractivity contribution is 8.00. The Labute approximate surface area is 230 Å². The number of ether oxygens (including phenoxy) is 3. The molecule has 0 radical (unpaired) electrons. The van der Waals surface area contributed by atoms with Gasteiger partial charge < -0.3 is 19.3 Å². The van der Waals surface area contributed by atoms with E-state index in [0.29, 0.717) is 18.3 Å². The molecule has 3 aromatic rings. The van der Waals surface area contributed by atoms with Gasteiger partial charge in [-0.15, -0.1) is 11.8 Å². The van der Waals surface area contributed by atoms with Crippen LogP contribution in [0.5, 0.6) is 17.2 Å². The van der Waals surface area contributed by atoms with Gasteiger partial charge >= 0.3 is 0 Å². The molecule has 1 aliphatic carbocycles. The number of hydrogen-bond donors (Lipinski definition) is 1. The normalized spacial score (nSPS) is 15.4. The first-order valence-electron chi connectivity index (χ1n) is 13.1. The Hall–Kier alpha value is -2.28. The SMILES string of the molecule is CCSCC(O)C(Sc1cccc(OC)c1)c1cccc(C2CCCC2)c1OCc1ccc(OC)cc1. The predicted molar refractivity (Wildman–Crippen MR) is 156 cm³/mol. The average Bonchev–Trinajstić information content (AvgIpc) is 3.49. The van der Waals surface area contributed by atoms with Crippen LogP contribution in [-0.2, 0) is 6.61 Å². The number of benzene rings is 3. The molecule has 2 atom stereocenters. The van der Waals surface area contributed by atoms with Crippen molar-refractivity contribution in [2.45, 2.75) is 61.4 Å². The van der Waals surface area contributed by atoms with Gasteiger partial charge in [-0.2, -0.15) is 11.8 Å². The van der Waals surface area contributed by atoms with Crippen LogP contribution in [0.25, 0.3) is 0 Å². The molecule has 0 saturated heterocycles. The first-order chi connectivity index (χ1) is 18.1. The fourth-order valence-corrected chi connectivity index (χ4v) is 6.89. The number of thioether (sulfide) groups is 2. The molecule has 3 aromatic carbocycles. The Bertz CT molecular complexity index is 1110. The molecule has 1 aliphatic rings. The standard InChI is InChI=1S/C31H38O4S2/c1-4-36-21-29(32)31(37-26-12-7-11-25(19-26)34-3)28-14-8-13-27(23-9-5-6-10-23)30(28)35-20-22-15-17-24(33-2)18-16-22/h7-8,11-19,23,29,31-32H,4-6,9-10,20-21H2,1-3H3. The lowest BCUT2D eigenvalue weighted by Gasteiger charge is -2.27. The monoisotopic (exact) mass is 538 g/mol. The first-order valence-corrected chi connectivity index (χ1v) is 15.1. The summed E-state index contributed by atoms with van der Waals surface area (Å²) in [6.07, 6.45) is 4.35. The molecule has 4 nitrogen and oxygen atoms in total. The molecule has 0 bridgehead atoms. The smallest absolute Gasteiger partial charge is 0.127 e. The summed E-state index contributed by atoms with van der Waals surface area (Å²) in [7, 11) is 3.36. The number of aliphatic hydroxyl groups is 1. The van der Waals surface area contributed by atoms with E-state index in [1.54, 1.807) is 37.7 Å². The Kier molecular flexibility index (Phi) is 10.5. The number of hydrogen-bond acceptors (Lipinski definition) is 6. The maximum absolute atomic E-state index is 11.5. The Morgan fingerprint density at radius 1 is 0.919 bits per heavy atom. The second-order valence-corrected chi connectivity index (χ2v) is 11.9. The highest BCUT2D eigenvalue weighted by Crippen LogP contribution is 2.48. The van der Waals surface area contributed by atoms with Crippen LogP contribution in [0, 0.1) is 0 Å². The molecule has 0 amide bonds. The van der Waals surface area contributed by atoms with E-state index < -0.39 is 6.10 Å². The Balaban J connectivity index is 1.71. The third-order valence-electron chi connectivity index (χ3n) is 6.87. The molecule has 0 aliphatic heterocycles. The van der Waals surface area contributed by atoms with Gasteiger partial charge in [0.15, 0.2) is 0 Å². The fraction of sp³-hybridized carbons (Fsp3) is 0.419. The van der Waals surface area contributed by atoms with Crippen molar-refractivity contribution in [2.75, 3.05) is 25.7 Å². The topological polar surface area (TPSA) is 47.9 Å². The van der Waals surface area contributed by atoms with Crippen molar-refractivity contribution in [3.05, 3.63) is 83.4 Å². The zero-order valence-electron chi connectivity index (χ0n) is 22.0. The van der Waals surface area contributed by atoms with E-state index in [-0.39, 0.29) is 5.25 Å². The van der Waals surface area contributed by atoms with Crippen LogP contribution in [0.2, 0.25) is 0 Å². The molecule has 0 aromatic heterocycles. The van der Waals surface area contributed by atoms with Gasteiger partial charge in [-0.3, -0.25) is 0 Å². The highest BCUT2D eigenvalue weighted by atomic mass is 32.2. The quantitative estimate of drug-likeness (QED) is 0.223. The predicted octanol–water partition coefficient (Wildman–Crippen LogP) is 7.89. The summed E-state index contributed by atoms with van der Waals surface area (Å²) in [6.45, 7) is 2.60. The van der Waals surface area contributed by atoms with Crippen LogP contribution in [-0.4, -0.2) is 36.9 Å². The summed E-state index contributed by atoms with van der Waals surface area (Å²) in [5, 5.41) is 11.3. The summed E-state index contributed by atoms with van der Waals surface area (Å²) in [5.74, 6) is 4.72. The molecule has 1 fully saturated rings. The zero-order chi connectivity index (χ0) is 26.0. The van der Waals surface area contributed by atoms with Crippen molar-refractivity contribution in [3.63, 3.8) is 0 Å². The summed E-state index contributed by atoms with van der Waals surface area (Å²) < 4.78 is 17.4. The van der Waals surface area contributed by atoms with Crippen molar-refractivity contribution in [1.82, 2.24) is 0 Å². The molecule has 0 heterocycles. The van der Waals surface area contributed by atoms with E-state index in [0.717, 1.165) is 39.0 Å². The number of para-hydroxylation sites is 1. The second kappa shape index (κ2) is 14.0. The van der Waals surface area contributed by atoms with Gasteiger partial charge in [0.05, 0.1) is 25.6 Å². The van der Waals surface area contributed by atoms with Gasteiger partial charge in [0.2, 0.25) is 0 Å². The molecule has 4 rings (SSSR count). The van der Waals surface area contributed by atoms with Crippen LogP contribution >= 0.6 is 23.5 Å². The minimum atomic E-state index is -0.525. The van der Waals surface area contributed by atoms with Crippen molar-refractivity contribution in [1.29, 1.82) is 0 Å². The van der Waals surface area contributed by atoms with Crippen LogP contribution in [0.1, 0.15) is 60.5 Å². The first kappa shape index (κ1) is 27.7. The van der Waals surface area contributed by atoms with E-state index in [9.17, 15) is 5.11 Å². The molecule has 37 heavy (non-hydrogen) atoms. The average molecular weight is 539 g/mol. The zero-order valence-corrected chi connectivity index (χ0v) is 23.7. The van der Waals surface area contributed by atoms with E-state index in [1.165, 1.54) is 31.2 Å². The molecule has 1 N–H and O–H groups in total. The summed E-state index contributed by atoms with van der Waals surface area (Å²) in [4.78, 5) is 1.07. The van der Waals surface area contributed by atoms with Crippen LogP contribution in [0.4, 0.5) is 0 Å². The lowest BCUT2D eigenvalue weighted by Crippen LogP contribution is -2.20. The van der Waals surface area contributed by atoms with E-state index >= 15 is 0 Å². The third kappa shape index (κ3) is 7.40. The summed E-state index contributed by atoms with van der Waals surface area (Å²) in [5.41, 5.74) is 3.43. The van der Waals surface area contributed by atoms with Crippen LogP contribution in [0.3, 0.4) is 0 Å². The highest BCUT2D eigenvalue weighted by Gasteiger charge is 2.30. The molecule has 2 unspecified atom stereocenters. The number of rotatable bonds is 13. The maximum atomic E-state index is 11.5. The molecular formula is C31H38O4S2. The lowest BCUT2D eigenvalue weighted by molar-refractivity contribution is 0.194. The second-order valence-electron chi connectivity index (χ2n) is 9.33. The van der Waals surface area contributed by atoms with E-state index in [4.69, 9.17) is 14.2 Å². The summed E-state index contributed by atoms with van der Waals surface area (Å²) >= 11 is 3.45. The summed E-state index contributed by atoms with van der Waals surface area (Å²) in [6, 6.07) is 22.6. The fourth-order valence-electron chi connectivity index (χ4n) is 4.90. The van der Waals surface area contributed by atoms with Gasteiger partial charge in [-0.1, -0.05) is 56.2 Å². The maximum Gasteiger partial charge on any atom is 0.127 e. The van der Waals surface area contributed by atoms with E-state index in [1.807, 2.05) is 42.5 Å².